The first-order chi connectivity index (χ1) is 65.4. The van der Waals surface area contributed by atoms with Crippen LogP contribution < -0.4 is 0 Å². The number of rotatable bonds is 46. The minimum Gasteiger partial charge on any atom is -0.507 e. The van der Waals surface area contributed by atoms with Crippen LogP contribution in [0, 0.1) is 60.7 Å². The summed E-state index contributed by atoms with van der Waals surface area (Å²) in [6, 6.07) is 58.8. The van der Waals surface area contributed by atoms with E-state index in [0.717, 1.165) is 62.0 Å². The van der Waals surface area contributed by atoms with Crippen molar-refractivity contribution in [2.45, 2.75) is 251 Å². The number of nitrogens with zero attached hydrogens (tertiary/aromatic N) is 9. The van der Waals surface area contributed by atoms with E-state index in [1.165, 1.54) is 109 Å². The molecule has 0 aliphatic rings. The molecule has 0 spiro atoms. The van der Waals surface area contributed by atoms with Crippen LogP contribution in [0.4, 0.5) is 0 Å². The topological polar surface area (TPSA) is 316 Å². The van der Waals surface area contributed by atoms with Gasteiger partial charge in [0.25, 0.3) is 0 Å². The Balaban J connectivity index is 0.000000213. The fraction of sp³-hybridized carbons (Fsp3) is 0.426. The van der Waals surface area contributed by atoms with Gasteiger partial charge in [0.2, 0.25) is 0 Å². The molecule has 0 bridgehead atoms. The minimum atomic E-state index is -0.375. The van der Waals surface area contributed by atoms with Gasteiger partial charge in [-0.2, -0.15) is 0 Å². The number of aryl methyl sites for hydroxylation is 2. The van der Waals surface area contributed by atoms with Crippen LogP contribution >= 0.6 is 0 Å². The number of phenolic OH excluding ortho intramolecular Hbond substituents is 6. The van der Waals surface area contributed by atoms with Crippen LogP contribution in [0.3, 0.4) is 0 Å². The van der Waals surface area contributed by atoms with Crippen molar-refractivity contribution in [3.63, 3.8) is 0 Å². The van der Waals surface area contributed by atoms with Gasteiger partial charge in [-0.05, 0) is 213 Å². The molecular formula is C115H143N9O12. The predicted molar refractivity (Wildman–Crippen MR) is 544 cm³/mol. The van der Waals surface area contributed by atoms with Gasteiger partial charge < -0.3 is 44.8 Å². The second-order valence-electron chi connectivity index (χ2n) is 38.8. The molecule has 0 radical (unpaired) electrons. The molecule has 0 saturated carbocycles. The van der Waals surface area contributed by atoms with Gasteiger partial charge in [-0.1, -0.05) is 302 Å². The Morgan fingerprint density at radius 3 is 0.956 bits per heavy atom. The monoisotopic (exact) mass is 1840 g/mol. The SMILES string of the molecule is CC(CCOC(=O)c1ccc(-c2nc(-c3ccccc3O)nc(-c3ccccc3O)n2)cc1)CC(C)(C)C.CCCCCCCCCC(CCCCCCC)COC(=O)c1ccc(-c2nc(-c3ccccc3O)nc(-c3ccc(C)cc3O)n2)cc1.Cc1ccc(-c2nc(-c3ccc(C(=O)OCC(CCC(C)CCCC(C)C)C(C)CCCC(C)C)cc3)nc(-c3ccccc3O)n2)c(O)c1. The number of carbonyl (C=O) groups is 3. The number of aromatic nitrogens is 9. The fourth-order valence-corrected chi connectivity index (χ4v) is 16.8. The molecule has 5 atom stereocenters. The molecule has 12 aromatic rings. The van der Waals surface area contributed by atoms with Crippen molar-refractivity contribution in [2.24, 2.45) is 46.8 Å². The molecule has 21 nitrogen and oxygen atoms in total. The number of phenols is 6. The van der Waals surface area contributed by atoms with Crippen LogP contribution in [-0.2, 0) is 14.2 Å². The zero-order valence-electron chi connectivity index (χ0n) is 82.4. The van der Waals surface area contributed by atoms with E-state index in [9.17, 15) is 45.0 Å². The van der Waals surface area contributed by atoms with E-state index in [4.69, 9.17) is 14.2 Å². The number of benzene rings is 9. The van der Waals surface area contributed by atoms with Crippen molar-refractivity contribution in [1.29, 1.82) is 0 Å². The minimum absolute atomic E-state index is 0.0304. The van der Waals surface area contributed by atoms with Crippen LogP contribution in [0.1, 0.15) is 279 Å². The standard InChI is InChI=1S/C43H57N3O4.C41H53N3O4.C31H33N3O4/c1-28(2)12-10-14-30(5)18-20-35(32(7)15-11-13-29(3)4)27-50-43(49)34-23-21-33(22-24-34)40-44-41(36-16-8-9-17-38(36)47)46-42(45-40)37-25-19-31(6)26-39(37)48;1-4-6-8-10-11-13-15-19-31(18-14-12-9-7-5-2)29-48-41(47)33-25-23-32(24-26-33)38-42-39(34-20-16-17-21-36(34)45)44-40(43-38)35-27-22-30(3)28-37(35)46;1-20(19-31(2,3)4)17-18-38-30(37)22-15-13-21(14-16-22)27-32-28(23-9-5-7-11-25(23)35)34-29(33-27)24-10-6-8-12-26(24)36/h8-9,16-17,19,21-26,28-30,32,35,47-48H,10-15,18,20,27H2,1-7H3;16-17,20-28,31,45-46H,4-15,18-19,29H2,1-3H3;5-16,20,35-36H,17-19H2,1-4H3. The first kappa shape index (κ1) is 105. The molecule has 0 aliphatic carbocycles. The third-order valence-electron chi connectivity index (χ3n) is 24.8. The summed E-state index contributed by atoms with van der Waals surface area (Å²) < 4.78 is 17.4. The summed E-state index contributed by atoms with van der Waals surface area (Å²) >= 11 is 0. The van der Waals surface area contributed by atoms with Gasteiger partial charge in [-0.15, -0.1) is 0 Å². The molecule has 9 aromatic carbocycles. The molecule has 3 aromatic heterocycles. The van der Waals surface area contributed by atoms with Gasteiger partial charge in [0.15, 0.2) is 52.4 Å². The molecule has 720 valence electrons. The smallest absolute Gasteiger partial charge is 0.338 e. The Morgan fingerprint density at radius 2 is 0.618 bits per heavy atom. The molecule has 12 rings (SSSR count). The molecular weight excluding hydrogens is 1700 g/mol. The van der Waals surface area contributed by atoms with Gasteiger partial charge in [0.1, 0.15) is 34.5 Å². The summed E-state index contributed by atoms with van der Waals surface area (Å²) in [6.45, 7) is 32.1. The van der Waals surface area contributed by atoms with Crippen LogP contribution in [0.2, 0.25) is 0 Å². The van der Waals surface area contributed by atoms with E-state index < -0.39 is 0 Å². The second-order valence-corrected chi connectivity index (χ2v) is 38.8. The van der Waals surface area contributed by atoms with Crippen LogP contribution in [0.25, 0.3) is 102 Å². The zero-order valence-corrected chi connectivity index (χ0v) is 82.4. The first-order valence-corrected chi connectivity index (χ1v) is 49.2. The number of unbranched alkanes of at least 4 members (excludes halogenated alkanes) is 10. The van der Waals surface area contributed by atoms with Crippen LogP contribution in [0.15, 0.2) is 206 Å². The van der Waals surface area contributed by atoms with Crippen molar-refractivity contribution in [3.8, 4) is 137 Å². The highest BCUT2D eigenvalue weighted by molar-refractivity contribution is 5.91. The summed E-state index contributed by atoms with van der Waals surface area (Å²) in [7, 11) is 0. The lowest BCUT2D eigenvalue weighted by molar-refractivity contribution is 0.0372. The molecule has 0 aliphatic heterocycles. The number of esters is 3. The zero-order chi connectivity index (χ0) is 97.6. The molecule has 5 unspecified atom stereocenters. The van der Waals surface area contributed by atoms with E-state index in [-0.39, 0.29) is 92.8 Å². The van der Waals surface area contributed by atoms with Gasteiger partial charge in [0.05, 0.1) is 69.9 Å². The highest BCUT2D eigenvalue weighted by Gasteiger charge is 2.26. The first-order valence-electron chi connectivity index (χ1n) is 49.2. The Bertz CT molecular complexity index is 5700. The summed E-state index contributed by atoms with van der Waals surface area (Å²) in [4.78, 5) is 80.7. The van der Waals surface area contributed by atoms with E-state index in [1.54, 1.807) is 194 Å². The summed E-state index contributed by atoms with van der Waals surface area (Å²) in [6.07, 6.45) is 28.9. The van der Waals surface area contributed by atoms with Crippen LogP contribution in [-0.4, -0.2) is 113 Å². The molecule has 0 saturated heterocycles. The van der Waals surface area contributed by atoms with Crippen molar-refractivity contribution < 1.29 is 59.2 Å². The number of hydrogen-bond donors (Lipinski definition) is 6. The summed E-state index contributed by atoms with van der Waals surface area (Å²) in [5.74, 6) is 5.65. The maximum Gasteiger partial charge on any atom is 0.338 e. The Morgan fingerprint density at radius 1 is 0.301 bits per heavy atom. The number of hydrogen-bond acceptors (Lipinski definition) is 21. The average molecular weight is 1840 g/mol. The van der Waals surface area contributed by atoms with Crippen molar-refractivity contribution in [2.75, 3.05) is 19.8 Å². The lowest BCUT2D eigenvalue weighted by atomic mass is 9.83. The largest absolute Gasteiger partial charge is 0.507 e. The van der Waals surface area contributed by atoms with Gasteiger partial charge in [-0.25, -0.2) is 59.2 Å². The number of carbonyl (C=O) groups excluding carboxylic acids is 3. The number of para-hydroxylation sites is 4. The molecule has 136 heavy (non-hydrogen) atoms. The van der Waals surface area contributed by atoms with E-state index in [0.29, 0.717) is 140 Å². The summed E-state index contributed by atoms with van der Waals surface area (Å²) in [5.41, 5.74) is 8.10. The summed E-state index contributed by atoms with van der Waals surface area (Å²) in [5, 5.41) is 63.3. The highest BCUT2D eigenvalue weighted by Crippen LogP contribution is 2.39. The molecule has 3 heterocycles. The average Bonchev–Trinajstić information content (AvgIpc) is 0.796. The van der Waals surface area contributed by atoms with E-state index >= 15 is 0 Å². The lowest BCUT2D eigenvalue weighted by Gasteiger charge is -2.25. The van der Waals surface area contributed by atoms with E-state index in [1.807, 2.05) is 26.0 Å². The lowest BCUT2D eigenvalue weighted by Crippen LogP contribution is -2.21. The van der Waals surface area contributed by atoms with Gasteiger partial charge in [0, 0.05) is 16.7 Å². The third kappa shape index (κ3) is 33.3. The van der Waals surface area contributed by atoms with Crippen molar-refractivity contribution in [3.05, 3.63) is 234 Å². The Hall–Kier alpha value is -12.8. The molecule has 0 amide bonds. The molecule has 0 fully saturated rings. The number of ether oxygens (including phenoxy) is 3. The fourth-order valence-electron chi connectivity index (χ4n) is 16.8. The van der Waals surface area contributed by atoms with Crippen LogP contribution in [0.5, 0.6) is 34.5 Å². The highest BCUT2D eigenvalue weighted by atomic mass is 16.5. The maximum atomic E-state index is 13.3. The van der Waals surface area contributed by atoms with Gasteiger partial charge >= 0.3 is 17.9 Å². The molecule has 6 N–H and O–H groups in total. The second kappa shape index (κ2) is 53.5. The van der Waals surface area contributed by atoms with E-state index in [2.05, 4.69) is 128 Å². The number of aromatic hydroxyl groups is 6. The van der Waals surface area contributed by atoms with Crippen molar-refractivity contribution >= 4 is 17.9 Å². The maximum absolute atomic E-state index is 13.3. The third-order valence-corrected chi connectivity index (χ3v) is 24.8. The van der Waals surface area contributed by atoms with Gasteiger partial charge in [-0.3, -0.25) is 0 Å². The quantitative estimate of drug-likeness (QED) is 0.0117. The predicted octanol–water partition coefficient (Wildman–Crippen LogP) is 28.8. The Kier molecular flexibility index (Phi) is 41.4. The van der Waals surface area contributed by atoms with Crippen molar-refractivity contribution in [1.82, 2.24) is 44.9 Å². The Labute approximate surface area is 806 Å². The molecule has 21 heteroatoms. The normalized spacial score (nSPS) is 12.5.